The zero-order valence-corrected chi connectivity index (χ0v) is 17.8. The molecule has 1 heterocycles. The van der Waals surface area contributed by atoms with Crippen LogP contribution in [0.3, 0.4) is 0 Å². The number of halogens is 1. The number of nitrogens with one attached hydrogen (secondary N) is 2. The lowest BCUT2D eigenvalue weighted by atomic mass is 10.1. The summed E-state index contributed by atoms with van der Waals surface area (Å²) in [5, 5.41) is 6.43. The Hall–Kier alpha value is -3.45. The number of benzene rings is 2. The van der Waals surface area contributed by atoms with E-state index < -0.39 is 5.54 Å². The van der Waals surface area contributed by atoms with Crippen molar-refractivity contribution in [2.24, 2.45) is 0 Å². The highest BCUT2D eigenvalue weighted by molar-refractivity contribution is 6.33. The average Bonchev–Trinajstić information content (AvgIpc) is 3.59. The van der Waals surface area contributed by atoms with E-state index in [1.807, 2.05) is 60.5 Å². The van der Waals surface area contributed by atoms with E-state index in [2.05, 4.69) is 20.6 Å². The van der Waals surface area contributed by atoms with Gasteiger partial charge in [0, 0.05) is 31.7 Å². The molecule has 7 nitrogen and oxygen atoms in total. The molecule has 1 aliphatic carbocycles. The highest BCUT2D eigenvalue weighted by Gasteiger charge is 2.51. The first-order chi connectivity index (χ1) is 15.0. The minimum atomic E-state index is -0.850. The Kier molecular flexibility index (Phi) is 7.10. The molecule has 0 unspecified atom stereocenters. The smallest absolute Gasteiger partial charge is 0.255 e. The molecule has 166 valence electrons. The second-order valence-electron chi connectivity index (χ2n) is 7.52. The van der Waals surface area contributed by atoms with Gasteiger partial charge in [-0.3, -0.25) is 9.59 Å². The molecule has 2 N–H and O–H groups in total. The highest BCUT2D eigenvalue weighted by Crippen LogP contribution is 2.36. The Morgan fingerprint density at radius 1 is 1.06 bits per heavy atom. The quantitative estimate of drug-likeness (QED) is 0.564. The molecular weight excluding hydrogens is 426 g/mol. The molecule has 3 aromatic rings. The molecule has 1 fully saturated rings. The zero-order valence-electron chi connectivity index (χ0n) is 17.0. The maximum atomic E-state index is 12.7. The van der Waals surface area contributed by atoms with Crippen LogP contribution in [0.5, 0.6) is 0 Å². The number of rotatable bonds is 7. The molecule has 1 saturated carbocycles. The van der Waals surface area contributed by atoms with Crippen LogP contribution in [0.25, 0.3) is 0 Å². The maximum Gasteiger partial charge on any atom is 0.255 e. The second kappa shape index (κ2) is 9.78. The van der Waals surface area contributed by atoms with E-state index in [-0.39, 0.29) is 19.2 Å². The fourth-order valence-corrected chi connectivity index (χ4v) is 3.55. The third-order valence-electron chi connectivity index (χ3n) is 5.35. The third-order valence-corrected chi connectivity index (χ3v) is 5.67. The summed E-state index contributed by atoms with van der Waals surface area (Å²) in [4.78, 5) is 34.7. The van der Waals surface area contributed by atoms with Gasteiger partial charge in [-0.15, -0.1) is 0 Å². The number of carbonyl (C=O) groups excluding carboxylic acids is 2. The summed E-state index contributed by atoms with van der Waals surface area (Å²) in [7, 11) is 1.95. The van der Waals surface area contributed by atoms with Gasteiger partial charge in [0.2, 0.25) is 5.91 Å². The summed E-state index contributed by atoms with van der Waals surface area (Å²) in [5.74, 6) is -0.532. The van der Waals surface area contributed by atoms with E-state index in [1.54, 1.807) is 0 Å². The van der Waals surface area contributed by atoms with Crippen LogP contribution in [0.15, 0.2) is 67.3 Å². The lowest BCUT2D eigenvalue weighted by molar-refractivity contribution is -0.124. The predicted molar refractivity (Wildman–Crippen MR) is 126 cm³/mol. The number of hydrogen-bond acceptors (Lipinski definition) is 5. The van der Waals surface area contributed by atoms with Crippen molar-refractivity contribution in [3.05, 3.63) is 83.4 Å². The Morgan fingerprint density at radius 2 is 1.72 bits per heavy atom. The van der Waals surface area contributed by atoms with E-state index in [0.717, 1.165) is 16.9 Å². The number of nitrogens with zero attached hydrogens (tertiary/aromatic N) is 3. The molecule has 4 rings (SSSR count). The van der Waals surface area contributed by atoms with Crippen LogP contribution < -0.4 is 15.5 Å². The number of carbonyl (C=O) groups is 2. The van der Waals surface area contributed by atoms with Crippen LogP contribution in [0, 0.1) is 0 Å². The number of para-hydroxylation sites is 1. The van der Waals surface area contributed by atoms with Gasteiger partial charge in [0.05, 0.1) is 16.3 Å². The van der Waals surface area contributed by atoms with Gasteiger partial charge in [-0.25, -0.2) is 9.97 Å². The molecule has 0 bridgehead atoms. The molecule has 8 heteroatoms. The standard InChI is InChI=1S/C23H22ClN5O2.CH4/c1-29(20-5-3-2-4-19(20)24)18-8-6-16(7-9-18)12-27-22(31)23(10-11-23)28-21(30)17-13-25-15-26-14-17;/h2-9,13-15H,10-12H2,1H3,(H,27,31)(H,28,30);1H4. The summed E-state index contributed by atoms with van der Waals surface area (Å²) in [6.45, 7) is 0.376. The van der Waals surface area contributed by atoms with Gasteiger partial charge in [-0.1, -0.05) is 43.3 Å². The maximum absolute atomic E-state index is 12.7. The van der Waals surface area contributed by atoms with Crippen LogP contribution in [-0.4, -0.2) is 34.4 Å². The van der Waals surface area contributed by atoms with Crippen molar-refractivity contribution in [2.45, 2.75) is 32.4 Å². The third kappa shape index (κ3) is 5.06. The van der Waals surface area contributed by atoms with Crippen molar-refractivity contribution in [2.75, 3.05) is 11.9 Å². The van der Waals surface area contributed by atoms with Gasteiger partial charge in [-0.2, -0.15) is 0 Å². The Balaban J connectivity index is 0.00000289. The first-order valence-corrected chi connectivity index (χ1v) is 10.3. The van der Waals surface area contributed by atoms with Crippen molar-refractivity contribution < 1.29 is 9.59 Å². The number of hydrogen-bond donors (Lipinski definition) is 2. The van der Waals surface area contributed by atoms with E-state index in [1.165, 1.54) is 18.7 Å². The molecular formula is C24H26ClN5O2. The predicted octanol–water partition coefficient (Wildman–Crippen LogP) is 4.11. The molecule has 32 heavy (non-hydrogen) atoms. The number of amides is 2. The minimum Gasteiger partial charge on any atom is -0.350 e. The Bertz CT molecular complexity index is 1090. The van der Waals surface area contributed by atoms with E-state index in [0.29, 0.717) is 30.0 Å². The normalized spacial score (nSPS) is 13.4. The van der Waals surface area contributed by atoms with Gasteiger partial charge in [-0.05, 0) is 42.7 Å². The molecule has 2 aromatic carbocycles. The summed E-state index contributed by atoms with van der Waals surface area (Å²) < 4.78 is 0. The summed E-state index contributed by atoms with van der Waals surface area (Å²) in [6, 6.07) is 15.5. The molecule has 0 atom stereocenters. The minimum absolute atomic E-state index is 0. The van der Waals surface area contributed by atoms with Gasteiger partial charge >= 0.3 is 0 Å². The number of aromatic nitrogens is 2. The lowest BCUT2D eigenvalue weighted by Crippen LogP contribution is -2.48. The van der Waals surface area contributed by atoms with E-state index in [4.69, 9.17) is 11.6 Å². The van der Waals surface area contributed by atoms with Gasteiger partial charge in [0.15, 0.2) is 0 Å². The van der Waals surface area contributed by atoms with Crippen LogP contribution in [0.2, 0.25) is 5.02 Å². The molecule has 0 aliphatic heterocycles. The van der Waals surface area contributed by atoms with Gasteiger partial charge in [0.25, 0.3) is 5.91 Å². The van der Waals surface area contributed by atoms with Gasteiger partial charge < -0.3 is 15.5 Å². The highest BCUT2D eigenvalue weighted by atomic mass is 35.5. The van der Waals surface area contributed by atoms with Crippen LogP contribution >= 0.6 is 11.6 Å². The van der Waals surface area contributed by atoms with E-state index in [9.17, 15) is 9.59 Å². The fraction of sp³-hybridized carbons (Fsp3) is 0.250. The van der Waals surface area contributed by atoms with Crippen LogP contribution in [-0.2, 0) is 11.3 Å². The number of anilines is 2. The first-order valence-electron chi connectivity index (χ1n) is 9.91. The molecule has 2 amide bonds. The largest absolute Gasteiger partial charge is 0.350 e. The Labute approximate surface area is 192 Å². The van der Waals surface area contributed by atoms with Crippen LogP contribution in [0.1, 0.15) is 36.2 Å². The topological polar surface area (TPSA) is 87.2 Å². The van der Waals surface area contributed by atoms with Crippen LogP contribution in [0.4, 0.5) is 11.4 Å². The van der Waals surface area contributed by atoms with Crippen molar-refractivity contribution in [1.29, 1.82) is 0 Å². The lowest BCUT2D eigenvalue weighted by Gasteiger charge is -2.21. The fourth-order valence-electron chi connectivity index (χ4n) is 3.29. The molecule has 1 aromatic heterocycles. The molecule has 1 aliphatic rings. The first kappa shape index (κ1) is 23.2. The summed E-state index contributed by atoms with van der Waals surface area (Å²) >= 11 is 6.28. The monoisotopic (exact) mass is 451 g/mol. The molecule has 0 radical (unpaired) electrons. The molecule has 0 spiro atoms. The van der Waals surface area contributed by atoms with Crippen molar-refractivity contribution >= 4 is 34.8 Å². The van der Waals surface area contributed by atoms with Crippen molar-refractivity contribution in [1.82, 2.24) is 20.6 Å². The summed E-state index contributed by atoms with van der Waals surface area (Å²) in [6.07, 6.45) is 5.43. The Morgan fingerprint density at radius 3 is 2.34 bits per heavy atom. The van der Waals surface area contributed by atoms with Crippen molar-refractivity contribution in [3.63, 3.8) is 0 Å². The SMILES string of the molecule is C.CN(c1ccc(CNC(=O)C2(NC(=O)c3cncnc3)CC2)cc1)c1ccccc1Cl. The second-order valence-corrected chi connectivity index (χ2v) is 7.93. The van der Waals surface area contributed by atoms with E-state index >= 15 is 0 Å². The summed E-state index contributed by atoms with van der Waals surface area (Å²) in [5.41, 5.74) is 2.35. The molecule has 0 saturated heterocycles. The zero-order chi connectivity index (χ0) is 21.8. The average molecular weight is 452 g/mol. The van der Waals surface area contributed by atoms with Gasteiger partial charge in [0.1, 0.15) is 11.9 Å². The van der Waals surface area contributed by atoms with Crippen molar-refractivity contribution in [3.8, 4) is 0 Å².